The standard InChI is InChI=1S/C31H44O5/c1-26(2)11-13-31(25(34)35-8)14-12-29(6)21(17(31)16-26)18(32)15-20-28(29,5)10-9-19-27(3,4)23(33)22-24(36-22)30(19,20)7/h15,17,19,21-22,24H,9-14,16H2,1-8H3/t17-,19?,21-,22-,24-,28+,29+,30-,31-/m0/s1. The van der Waals surface area contributed by atoms with Gasteiger partial charge < -0.3 is 9.47 Å². The molecule has 5 fully saturated rings. The molecule has 0 N–H and O–H groups in total. The number of fused-ring (bicyclic) bond motifs is 9. The van der Waals surface area contributed by atoms with Gasteiger partial charge in [-0.2, -0.15) is 0 Å². The van der Waals surface area contributed by atoms with E-state index in [0.29, 0.717) is 0 Å². The summed E-state index contributed by atoms with van der Waals surface area (Å²) in [6.45, 7) is 15.8. The van der Waals surface area contributed by atoms with E-state index in [9.17, 15) is 14.4 Å². The van der Waals surface area contributed by atoms with Gasteiger partial charge in [-0.05, 0) is 79.1 Å². The Morgan fingerprint density at radius 1 is 0.972 bits per heavy atom. The molecular formula is C31H44O5. The highest BCUT2D eigenvalue weighted by Crippen LogP contribution is 2.76. The van der Waals surface area contributed by atoms with Crippen molar-refractivity contribution in [3.05, 3.63) is 11.6 Å². The number of hydrogen-bond donors (Lipinski definition) is 0. The molecule has 0 aromatic rings. The number of ether oxygens (including phenoxy) is 2. The molecule has 6 rings (SSSR count). The summed E-state index contributed by atoms with van der Waals surface area (Å²) in [5.41, 5.74) is -0.434. The normalized spacial score (nSPS) is 52.0. The van der Waals surface area contributed by atoms with Crippen molar-refractivity contribution in [3.63, 3.8) is 0 Å². The summed E-state index contributed by atoms with van der Waals surface area (Å²) >= 11 is 0. The maximum atomic E-state index is 14.4. The van der Waals surface area contributed by atoms with Gasteiger partial charge in [0, 0.05) is 16.7 Å². The van der Waals surface area contributed by atoms with Crippen molar-refractivity contribution in [3.8, 4) is 0 Å². The SMILES string of the molecule is COC(=O)[C@]12CCC(C)(C)C[C@H]1[C@H]1C(=O)C=C3[C@]4(C)C(CC[C@@]3(C)[C@]1(C)CC2)C(C)(C)C(=O)[C@@H]1O[C@@H]14. The van der Waals surface area contributed by atoms with Crippen LogP contribution in [-0.2, 0) is 23.9 Å². The van der Waals surface area contributed by atoms with Crippen LogP contribution in [0.4, 0.5) is 0 Å². The predicted molar refractivity (Wildman–Crippen MR) is 136 cm³/mol. The van der Waals surface area contributed by atoms with Crippen LogP contribution < -0.4 is 0 Å². The summed E-state index contributed by atoms with van der Waals surface area (Å²) in [6.07, 6.45) is 7.77. The Labute approximate surface area is 216 Å². The zero-order chi connectivity index (χ0) is 26.3. The van der Waals surface area contributed by atoms with Gasteiger partial charge in [0.2, 0.25) is 0 Å². The maximum absolute atomic E-state index is 14.4. The second kappa shape index (κ2) is 6.93. The lowest BCUT2D eigenvalue weighted by molar-refractivity contribution is -0.192. The molecule has 6 aliphatic rings. The van der Waals surface area contributed by atoms with Crippen LogP contribution in [0.2, 0.25) is 0 Å². The highest BCUT2D eigenvalue weighted by atomic mass is 16.6. The van der Waals surface area contributed by atoms with Crippen LogP contribution in [0.3, 0.4) is 0 Å². The first kappa shape index (κ1) is 24.8. The van der Waals surface area contributed by atoms with E-state index in [1.54, 1.807) is 0 Å². The second-order valence-corrected chi connectivity index (χ2v) is 15.2. The fraction of sp³-hybridized carbons (Fsp3) is 0.839. The summed E-state index contributed by atoms with van der Waals surface area (Å²) in [5.74, 6) is 0.280. The van der Waals surface area contributed by atoms with Gasteiger partial charge in [0.05, 0.1) is 12.5 Å². The molecule has 0 radical (unpaired) electrons. The van der Waals surface area contributed by atoms with E-state index in [2.05, 4.69) is 48.5 Å². The summed E-state index contributed by atoms with van der Waals surface area (Å²) in [7, 11) is 1.50. The van der Waals surface area contributed by atoms with Crippen molar-refractivity contribution in [2.24, 2.45) is 50.2 Å². The Morgan fingerprint density at radius 2 is 1.64 bits per heavy atom. The van der Waals surface area contributed by atoms with Crippen LogP contribution in [0.1, 0.15) is 93.4 Å². The third-order valence-electron chi connectivity index (χ3n) is 13.0. The number of carbonyl (C=O) groups is 3. The molecule has 0 amide bonds. The van der Waals surface area contributed by atoms with Crippen LogP contribution in [0.25, 0.3) is 0 Å². The summed E-state index contributed by atoms with van der Waals surface area (Å²) in [5, 5.41) is 0. The van der Waals surface area contributed by atoms with Gasteiger partial charge in [0.15, 0.2) is 11.6 Å². The molecule has 5 heteroatoms. The monoisotopic (exact) mass is 496 g/mol. The van der Waals surface area contributed by atoms with E-state index >= 15 is 0 Å². The van der Waals surface area contributed by atoms with Gasteiger partial charge in [-0.3, -0.25) is 14.4 Å². The number of allylic oxidation sites excluding steroid dienone is 1. The molecule has 198 valence electrons. The van der Waals surface area contributed by atoms with Crippen molar-refractivity contribution in [2.75, 3.05) is 7.11 Å². The van der Waals surface area contributed by atoms with Gasteiger partial charge in [0.25, 0.3) is 0 Å². The van der Waals surface area contributed by atoms with Crippen LogP contribution in [0.15, 0.2) is 11.6 Å². The Balaban J connectivity index is 1.51. The van der Waals surface area contributed by atoms with Crippen LogP contribution in [-0.4, -0.2) is 36.9 Å². The topological polar surface area (TPSA) is 73.0 Å². The smallest absolute Gasteiger partial charge is 0.312 e. The van der Waals surface area contributed by atoms with Crippen LogP contribution in [0, 0.1) is 50.2 Å². The number of Topliss-reactive ketones (excluding diaryl/α,β-unsaturated/α-hetero) is 1. The quantitative estimate of drug-likeness (QED) is 0.344. The molecular weight excluding hydrogens is 452 g/mol. The highest BCUT2D eigenvalue weighted by Gasteiger charge is 2.76. The lowest BCUT2D eigenvalue weighted by Crippen LogP contribution is -2.67. The highest BCUT2D eigenvalue weighted by molar-refractivity contribution is 5.97. The molecule has 5 nitrogen and oxygen atoms in total. The molecule has 0 spiro atoms. The molecule has 1 aliphatic heterocycles. The Hall–Kier alpha value is -1.49. The summed E-state index contributed by atoms with van der Waals surface area (Å²) in [4.78, 5) is 40.9. The predicted octanol–water partition coefficient (Wildman–Crippen LogP) is 5.70. The summed E-state index contributed by atoms with van der Waals surface area (Å²) in [6, 6.07) is 0. The fourth-order valence-corrected chi connectivity index (χ4v) is 10.7. The lowest BCUT2D eigenvalue weighted by atomic mass is 9.34. The molecule has 4 saturated carbocycles. The summed E-state index contributed by atoms with van der Waals surface area (Å²) < 4.78 is 11.5. The molecule has 1 unspecified atom stereocenters. The number of esters is 1. The second-order valence-electron chi connectivity index (χ2n) is 15.2. The third kappa shape index (κ3) is 2.64. The molecule has 1 heterocycles. The minimum absolute atomic E-state index is 0.00518. The molecule has 9 atom stereocenters. The molecule has 1 saturated heterocycles. The van der Waals surface area contributed by atoms with Gasteiger partial charge in [-0.25, -0.2) is 0 Å². The van der Waals surface area contributed by atoms with Crippen LogP contribution >= 0.6 is 0 Å². The van der Waals surface area contributed by atoms with E-state index in [1.807, 2.05) is 6.08 Å². The molecule has 0 aromatic heterocycles. The number of carbonyl (C=O) groups excluding carboxylic acids is 3. The number of ketones is 2. The maximum Gasteiger partial charge on any atom is 0.312 e. The molecule has 36 heavy (non-hydrogen) atoms. The minimum Gasteiger partial charge on any atom is -0.469 e. The van der Waals surface area contributed by atoms with Crippen molar-refractivity contribution < 1.29 is 23.9 Å². The zero-order valence-electron chi connectivity index (χ0n) is 23.5. The minimum atomic E-state index is -0.559. The number of rotatable bonds is 1. The van der Waals surface area contributed by atoms with E-state index in [1.165, 1.54) is 12.7 Å². The Morgan fingerprint density at radius 3 is 2.31 bits per heavy atom. The average molecular weight is 497 g/mol. The lowest BCUT2D eigenvalue weighted by Gasteiger charge is -2.69. The van der Waals surface area contributed by atoms with Crippen molar-refractivity contribution in [2.45, 2.75) is 106 Å². The van der Waals surface area contributed by atoms with Crippen molar-refractivity contribution >= 4 is 17.5 Å². The number of hydrogen-bond acceptors (Lipinski definition) is 5. The van der Waals surface area contributed by atoms with E-state index in [0.717, 1.165) is 44.9 Å². The van der Waals surface area contributed by atoms with Gasteiger partial charge >= 0.3 is 5.97 Å². The van der Waals surface area contributed by atoms with Crippen LogP contribution in [0.5, 0.6) is 0 Å². The van der Waals surface area contributed by atoms with Gasteiger partial charge in [-0.1, -0.05) is 54.0 Å². The first-order chi connectivity index (χ1) is 16.6. The molecule has 0 bridgehead atoms. The fourth-order valence-electron chi connectivity index (χ4n) is 10.7. The van der Waals surface area contributed by atoms with E-state index in [-0.39, 0.29) is 69.2 Å². The van der Waals surface area contributed by atoms with Crippen molar-refractivity contribution in [1.29, 1.82) is 0 Å². The zero-order valence-corrected chi connectivity index (χ0v) is 23.5. The van der Waals surface area contributed by atoms with E-state index in [4.69, 9.17) is 9.47 Å². The first-order valence-electron chi connectivity index (χ1n) is 14.1. The Kier molecular flexibility index (Phi) is 4.78. The average Bonchev–Trinajstić information content (AvgIpc) is 3.60. The van der Waals surface area contributed by atoms with Crippen molar-refractivity contribution in [1.82, 2.24) is 0 Å². The number of epoxide rings is 1. The third-order valence-corrected chi connectivity index (χ3v) is 13.0. The number of methoxy groups -OCH3 is 1. The first-order valence-corrected chi connectivity index (χ1v) is 14.1. The Bertz CT molecular complexity index is 1100. The van der Waals surface area contributed by atoms with E-state index < -0.39 is 10.8 Å². The van der Waals surface area contributed by atoms with Gasteiger partial charge in [-0.15, -0.1) is 0 Å². The largest absolute Gasteiger partial charge is 0.469 e. The molecule has 0 aromatic carbocycles. The van der Waals surface area contributed by atoms with Gasteiger partial charge in [0.1, 0.15) is 12.2 Å². The molecule has 5 aliphatic carbocycles.